The summed E-state index contributed by atoms with van der Waals surface area (Å²) in [5.41, 5.74) is 8.23. The molecular formula is C13H17N3S. The van der Waals surface area contributed by atoms with Gasteiger partial charge in [-0.1, -0.05) is 25.1 Å². The molecule has 90 valence electrons. The lowest BCUT2D eigenvalue weighted by Gasteiger charge is -2.06. The van der Waals surface area contributed by atoms with Crippen LogP contribution in [0.25, 0.3) is 5.69 Å². The van der Waals surface area contributed by atoms with E-state index in [1.54, 1.807) is 11.8 Å². The Bertz CT molecular complexity index is 505. The van der Waals surface area contributed by atoms with E-state index in [-0.39, 0.29) is 0 Å². The minimum absolute atomic E-state index is 0.693. The van der Waals surface area contributed by atoms with Crippen LogP contribution in [0.3, 0.4) is 0 Å². The number of aryl methyl sites for hydroxylation is 1. The van der Waals surface area contributed by atoms with Gasteiger partial charge in [0.2, 0.25) is 0 Å². The minimum Gasteiger partial charge on any atom is -0.384 e. The highest BCUT2D eigenvalue weighted by atomic mass is 32.2. The number of nitrogen functional groups attached to an aromatic ring is 1. The molecule has 1 aromatic heterocycles. The fraction of sp³-hybridized carbons (Fsp3) is 0.308. The Morgan fingerprint density at radius 3 is 2.82 bits per heavy atom. The molecule has 3 nitrogen and oxygen atoms in total. The zero-order valence-electron chi connectivity index (χ0n) is 10.2. The van der Waals surface area contributed by atoms with E-state index in [0.717, 1.165) is 22.9 Å². The van der Waals surface area contributed by atoms with Crippen LogP contribution in [-0.2, 0) is 0 Å². The average Bonchev–Trinajstić information content (AvgIpc) is 2.68. The van der Waals surface area contributed by atoms with E-state index in [1.165, 1.54) is 5.56 Å². The third-order valence-corrected chi connectivity index (χ3v) is 3.62. The molecule has 1 heterocycles. The predicted octanol–water partition coefficient (Wildman–Crippen LogP) is 3.27. The second-order valence-corrected chi connectivity index (χ2v) is 5.07. The van der Waals surface area contributed by atoms with Gasteiger partial charge in [-0.05, 0) is 30.7 Å². The first-order valence-electron chi connectivity index (χ1n) is 5.76. The normalized spacial score (nSPS) is 10.7. The van der Waals surface area contributed by atoms with Crippen molar-refractivity contribution in [2.45, 2.75) is 25.3 Å². The zero-order valence-corrected chi connectivity index (χ0v) is 11.0. The molecule has 1 aromatic carbocycles. The van der Waals surface area contributed by atoms with Crippen LogP contribution in [0.2, 0.25) is 0 Å². The summed E-state index contributed by atoms with van der Waals surface area (Å²) in [6.45, 7) is 4.23. The van der Waals surface area contributed by atoms with Crippen molar-refractivity contribution >= 4 is 17.6 Å². The fourth-order valence-electron chi connectivity index (χ4n) is 1.64. The number of hydrogen-bond donors (Lipinski definition) is 1. The lowest BCUT2D eigenvalue weighted by molar-refractivity contribution is 0.839. The molecule has 17 heavy (non-hydrogen) atoms. The van der Waals surface area contributed by atoms with Crippen molar-refractivity contribution in [3.8, 4) is 5.69 Å². The molecule has 4 heteroatoms. The van der Waals surface area contributed by atoms with E-state index in [0.29, 0.717) is 5.82 Å². The van der Waals surface area contributed by atoms with Gasteiger partial charge in [-0.2, -0.15) is 5.10 Å². The zero-order chi connectivity index (χ0) is 12.3. The van der Waals surface area contributed by atoms with Crippen LogP contribution in [0.1, 0.15) is 18.9 Å². The largest absolute Gasteiger partial charge is 0.384 e. The van der Waals surface area contributed by atoms with E-state index in [1.807, 2.05) is 28.9 Å². The van der Waals surface area contributed by atoms with Crippen molar-refractivity contribution in [2.75, 3.05) is 11.5 Å². The molecular weight excluding hydrogens is 230 g/mol. The molecule has 0 amide bonds. The summed E-state index contributed by atoms with van der Waals surface area (Å²) in [6, 6.07) is 10.1. The summed E-state index contributed by atoms with van der Waals surface area (Å²) < 4.78 is 1.81. The second kappa shape index (κ2) is 5.27. The Kier molecular flexibility index (Phi) is 3.74. The van der Waals surface area contributed by atoms with E-state index < -0.39 is 0 Å². The second-order valence-electron chi connectivity index (χ2n) is 3.95. The number of para-hydroxylation sites is 1. The molecule has 0 saturated heterocycles. The van der Waals surface area contributed by atoms with Crippen LogP contribution in [-0.4, -0.2) is 15.5 Å². The van der Waals surface area contributed by atoms with Gasteiger partial charge in [-0.25, -0.2) is 4.68 Å². The van der Waals surface area contributed by atoms with Crippen molar-refractivity contribution in [1.82, 2.24) is 9.78 Å². The number of hydrogen-bond acceptors (Lipinski definition) is 3. The molecule has 0 fully saturated rings. The molecule has 2 rings (SSSR count). The Hall–Kier alpha value is -1.42. The van der Waals surface area contributed by atoms with Gasteiger partial charge in [-0.15, -0.1) is 11.8 Å². The monoisotopic (exact) mass is 247 g/mol. The Labute approximate surface area is 106 Å². The van der Waals surface area contributed by atoms with Crippen molar-refractivity contribution in [3.63, 3.8) is 0 Å². The first kappa shape index (κ1) is 12.0. The standard InChI is InChI=1S/C13H17N3S/c1-3-8-17-13-9-12(14)16(15-13)11-7-5-4-6-10(11)2/h4-7,9H,3,8,14H2,1-2H3. The number of thioether (sulfide) groups is 1. The molecule has 0 aliphatic rings. The van der Waals surface area contributed by atoms with Gasteiger partial charge in [0.05, 0.1) is 5.69 Å². The maximum Gasteiger partial charge on any atom is 0.128 e. The highest BCUT2D eigenvalue weighted by molar-refractivity contribution is 7.99. The lowest BCUT2D eigenvalue weighted by Crippen LogP contribution is -2.03. The molecule has 0 saturated carbocycles. The van der Waals surface area contributed by atoms with Gasteiger partial charge in [0.15, 0.2) is 0 Å². The Balaban J connectivity index is 2.33. The summed E-state index contributed by atoms with van der Waals surface area (Å²) >= 11 is 1.74. The number of anilines is 1. The Morgan fingerprint density at radius 2 is 2.12 bits per heavy atom. The molecule has 0 spiro atoms. The van der Waals surface area contributed by atoms with Gasteiger partial charge < -0.3 is 5.73 Å². The van der Waals surface area contributed by atoms with Crippen LogP contribution in [0.15, 0.2) is 35.4 Å². The summed E-state index contributed by atoms with van der Waals surface area (Å²) in [7, 11) is 0. The maximum atomic E-state index is 6.00. The first-order valence-corrected chi connectivity index (χ1v) is 6.75. The molecule has 2 N–H and O–H groups in total. The fourth-order valence-corrected chi connectivity index (χ4v) is 2.40. The molecule has 0 unspecified atom stereocenters. The van der Waals surface area contributed by atoms with Gasteiger partial charge in [0.1, 0.15) is 10.8 Å². The molecule has 0 atom stereocenters. The molecule has 0 aliphatic carbocycles. The summed E-state index contributed by atoms with van der Waals surface area (Å²) in [5, 5.41) is 5.53. The van der Waals surface area contributed by atoms with Crippen molar-refractivity contribution in [1.29, 1.82) is 0 Å². The van der Waals surface area contributed by atoms with Crippen LogP contribution in [0, 0.1) is 6.92 Å². The van der Waals surface area contributed by atoms with E-state index in [4.69, 9.17) is 5.73 Å². The van der Waals surface area contributed by atoms with Crippen molar-refractivity contribution in [2.24, 2.45) is 0 Å². The molecule has 2 aromatic rings. The average molecular weight is 247 g/mol. The van der Waals surface area contributed by atoms with Gasteiger partial charge in [0, 0.05) is 6.07 Å². The number of nitrogens with two attached hydrogens (primary N) is 1. The summed E-state index contributed by atoms with van der Waals surface area (Å²) in [5.74, 6) is 1.77. The molecule has 0 bridgehead atoms. The smallest absolute Gasteiger partial charge is 0.128 e. The molecule has 0 aliphatic heterocycles. The van der Waals surface area contributed by atoms with Crippen molar-refractivity contribution in [3.05, 3.63) is 35.9 Å². The minimum atomic E-state index is 0.693. The molecule has 0 radical (unpaired) electrons. The topological polar surface area (TPSA) is 43.8 Å². The third kappa shape index (κ3) is 2.64. The van der Waals surface area contributed by atoms with Gasteiger partial charge >= 0.3 is 0 Å². The lowest BCUT2D eigenvalue weighted by atomic mass is 10.2. The van der Waals surface area contributed by atoms with Crippen LogP contribution in [0.4, 0.5) is 5.82 Å². The number of aromatic nitrogens is 2. The van der Waals surface area contributed by atoms with E-state index in [2.05, 4.69) is 25.0 Å². The van der Waals surface area contributed by atoms with Crippen LogP contribution >= 0.6 is 11.8 Å². The van der Waals surface area contributed by atoms with E-state index >= 15 is 0 Å². The first-order chi connectivity index (χ1) is 8.22. The number of benzene rings is 1. The summed E-state index contributed by atoms with van der Waals surface area (Å²) in [6.07, 6.45) is 1.14. The Morgan fingerprint density at radius 1 is 1.35 bits per heavy atom. The quantitative estimate of drug-likeness (QED) is 0.843. The van der Waals surface area contributed by atoms with Crippen molar-refractivity contribution < 1.29 is 0 Å². The SMILES string of the molecule is CCCSc1cc(N)n(-c2ccccc2C)n1. The van der Waals surface area contributed by atoms with Gasteiger partial charge in [0.25, 0.3) is 0 Å². The van der Waals surface area contributed by atoms with Crippen LogP contribution in [0.5, 0.6) is 0 Å². The van der Waals surface area contributed by atoms with E-state index in [9.17, 15) is 0 Å². The number of rotatable bonds is 4. The highest BCUT2D eigenvalue weighted by Crippen LogP contribution is 2.23. The third-order valence-electron chi connectivity index (χ3n) is 2.51. The number of nitrogens with zero attached hydrogens (tertiary/aromatic N) is 2. The van der Waals surface area contributed by atoms with Gasteiger partial charge in [-0.3, -0.25) is 0 Å². The predicted molar refractivity (Wildman–Crippen MR) is 73.7 cm³/mol. The highest BCUT2D eigenvalue weighted by Gasteiger charge is 2.08. The summed E-state index contributed by atoms with van der Waals surface area (Å²) in [4.78, 5) is 0. The maximum absolute atomic E-state index is 6.00. The van der Waals surface area contributed by atoms with Crippen LogP contribution < -0.4 is 5.73 Å².